The monoisotopic (exact) mass is 281 g/mol. The molecule has 21 heavy (non-hydrogen) atoms. The number of aromatic carboxylic acids is 1. The van der Waals surface area contributed by atoms with E-state index in [2.05, 4.69) is 4.98 Å². The van der Waals surface area contributed by atoms with Crippen LogP contribution in [0.3, 0.4) is 0 Å². The van der Waals surface area contributed by atoms with E-state index in [1.807, 2.05) is 0 Å². The lowest BCUT2D eigenvalue weighted by atomic mass is 10.0. The number of ketones is 1. The fourth-order valence-corrected chi connectivity index (χ4v) is 2.21. The molecule has 2 heterocycles. The molecule has 0 saturated heterocycles. The Balaban J connectivity index is 2.20. The minimum atomic E-state index is -1.16. The van der Waals surface area contributed by atoms with E-state index in [1.165, 1.54) is 12.1 Å². The Morgan fingerprint density at radius 2 is 1.71 bits per heavy atom. The van der Waals surface area contributed by atoms with Crippen LogP contribution in [0.4, 0.5) is 5.82 Å². The second-order valence-corrected chi connectivity index (χ2v) is 4.46. The minimum Gasteiger partial charge on any atom is -0.478 e. The maximum atomic E-state index is 12.6. The molecule has 104 valence electrons. The SMILES string of the molecule is Nc1nc(C(=O)c2ccccc2C(=O)O)n2ccccc12. The number of fused-ring (bicyclic) bond motifs is 1. The van der Waals surface area contributed by atoms with E-state index in [4.69, 9.17) is 5.73 Å². The average molecular weight is 281 g/mol. The Hall–Kier alpha value is -3.15. The van der Waals surface area contributed by atoms with Crippen LogP contribution in [0.25, 0.3) is 5.52 Å². The molecular formula is C15H11N3O3. The van der Waals surface area contributed by atoms with Crippen LogP contribution in [0.15, 0.2) is 48.7 Å². The minimum absolute atomic E-state index is 0.0613. The lowest BCUT2D eigenvalue weighted by molar-refractivity contribution is 0.0692. The summed E-state index contributed by atoms with van der Waals surface area (Å²) in [7, 11) is 0. The molecule has 6 nitrogen and oxygen atoms in total. The van der Waals surface area contributed by atoms with Gasteiger partial charge in [-0.1, -0.05) is 24.3 Å². The number of aromatic nitrogens is 2. The Kier molecular flexibility index (Phi) is 2.91. The number of carboxylic acids is 1. The number of rotatable bonds is 3. The summed E-state index contributed by atoms with van der Waals surface area (Å²) < 4.78 is 1.55. The molecule has 0 fully saturated rings. The molecule has 0 aliphatic rings. The first-order valence-electron chi connectivity index (χ1n) is 6.19. The van der Waals surface area contributed by atoms with Crippen LogP contribution >= 0.6 is 0 Å². The van der Waals surface area contributed by atoms with E-state index in [0.29, 0.717) is 5.52 Å². The number of imidazole rings is 1. The molecule has 2 aromatic heterocycles. The molecule has 0 unspecified atom stereocenters. The number of carbonyl (C=O) groups is 2. The van der Waals surface area contributed by atoms with Crippen LogP contribution in [0.5, 0.6) is 0 Å². The third kappa shape index (κ3) is 2.02. The number of nitrogen functional groups attached to an aromatic ring is 1. The molecular weight excluding hydrogens is 270 g/mol. The van der Waals surface area contributed by atoms with Gasteiger partial charge in [0.2, 0.25) is 5.78 Å². The number of nitrogens with two attached hydrogens (primary N) is 1. The van der Waals surface area contributed by atoms with E-state index < -0.39 is 11.8 Å². The normalized spacial score (nSPS) is 10.7. The summed E-state index contributed by atoms with van der Waals surface area (Å²) in [5.74, 6) is -1.32. The van der Waals surface area contributed by atoms with Gasteiger partial charge in [-0.15, -0.1) is 0 Å². The van der Waals surface area contributed by atoms with Crippen LogP contribution in [-0.2, 0) is 0 Å². The van der Waals surface area contributed by atoms with Crippen molar-refractivity contribution < 1.29 is 14.7 Å². The first kappa shape index (κ1) is 12.9. The number of hydrogen-bond acceptors (Lipinski definition) is 4. The summed E-state index contributed by atoms with van der Waals surface area (Å²) in [6.45, 7) is 0. The molecule has 0 bridgehead atoms. The summed E-state index contributed by atoms with van der Waals surface area (Å²) in [5, 5.41) is 9.18. The number of pyridine rings is 1. The van der Waals surface area contributed by atoms with Gasteiger partial charge in [0.1, 0.15) is 5.82 Å². The standard InChI is InChI=1S/C15H11N3O3/c16-13-11-7-3-4-8-18(11)14(17-13)12(19)9-5-1-2-6-10(9)15(20)21/h1-8H,16H2,(H,20,21). The van der Waals surface area contributed by atoms with Crippen molar-refractivity contribution >= 4 is 23.1 Å². The van der Waals surface area contributed by atoms with Crippen LogP contribution in [0, 0.1) is 0 Å². The lowest BCUT2D eigenvalue weighted by Crippen LogP contribution is -2.12. The predicted molar refractivity (Wildman–Crippen MR) is 76.4 cm³/mol. The van der Waals surface area contributed by atoms with Crippen molar-refractivity contribution in [1.82, 2.24) is 9.38 Å². The Labute approximate surface area is 119 Å². The molecule has 0 spiro atoms. The summed E-state index contributed by atoms with van der Waals surface area (Å²) in [4.78, 5) is 27.9. The molecule has 3 N–H and O–H groups in total. The Morgan fingerprint density at radius 3 is 2.43 bits per heavy atom. The fraction of sp³-hybridized carbons (Fsp3) is 0. The van der Waals surface area contributed by atoms with Gasteiger partial charge in [-0.25, -0.2) is 9.78 Å². The lowest BCUT2D eigenvalue weighted by Gasteiger charge is -2.04. The van der Waals surface area contributed by atoms with Gasteiger partial charge < -0.3 is 10.8 Å². The second kappa shape index (κ2) is 4.75. The Morgan fingerprint density at radius 1 is 1.05 bits per heavy atom. The van der Waals surface area contributed by atoms with Gasteiger partial charge in [-0.3, -0.25) is 9.20 Å². The fourth-order valence-electron chi connectivity index (χ4n) is 2.21. The molecule has 3 aromatic rings. The summed E-state index contributed by atoms with van der Waals surface area (Å²) in [6, 6.07) is 11.3. The van der Waals surface area contributed by atoms with Crippen molar-refractivity contribution in [2.24, 2.45) is 0 Å². The van der Waals surface area contributed by atoms with Crippen molar-refractivity contribution in [1.29, 1.82) is 0 Å². The van der Waals surface area contributed by atoms with Crippen LogP contribution < -0.4 is 5.73 Å². The molecule has 0 aliphatic carbocycles. The highest BCUT2D eigenvalue weighted by Gasteiger charge is 2.22. The number of benzene rings is 1. The average Bonchev–Trinajstić information content (AvgIpc) is 2.84. The van der Waals surface area contributed by atoms with E-state index in [1.54, 1.807) is 40.9 Å². The maximum Gasteiger partial charge on any atom is 0.336 e. The van der Waals surface area contributed by atoms with Gasteiger partial charge in [0.15, 0.2) is 5.82 Å². The zero-order valence-corrected chi connectivity index (χ0v) is 10.9. The van der Waals surface area contributed by atoms with Crippen molar-refractivity contribution in [2.45, 2.75) is 0 Å². The molecule has 0 aliphatic heterocycles. The van der Waals surface area contributed by atoms with Crippen molar-refractivity contribution in [2.75, 3.05) is 5.73 Å². The summed E-state index contributed by atoms with van der Waals surface area (Å²) in [5.41, 5.74) is 6.42. The summed E-state index contributed by atoms with van der Waals surface area (Å²) in [6.07, 6.45) is 1.66. The predicted octanol–water partition coefficient (Wildman–Crippen LogP) is 1.85. The topological polar surface area (TPSA) is 97.7 Å². The van der Waals surface area contributed by atoms with Crippen molar-refractivity contribution in [3.8, 4) is 0 Å². The smallest absolute Gasteiger partial charge is 0.336 e. The number of carboxylic acid groups (broad SMARTS) is 1. The number of carbonyl (C=O) groups excluding carboxylic acids is 1. The second-order valence-electron chi connectivity index (χ2n) is 4.46. The van der Waals surface area contributed by atoms with Crippen LogP contribution in [0.1, 0.15) is 26.5 Å². The molecule has 0 saturated carbocycles. The quantitative estimate of drug-likeness (QED) is 0.714. The molecule has 0 radical (unpaired) electrons. The molecule has 1 aromatic carbocycles. The van der Waals surface area contributed by atoms with E-state index >= 15 is 0 Å². The highest BCUT2D eigenvalue weighted by Crippen LogP contribution is 2.19. The van der Waals surface area contributed by atoms with E-state index in [0.717, 1.165) is 0 Å². The van der Waals surface area contributed by atoms with E-state index in [9.17, 15) is 14.7 Å². The van der Waals surface area contributed by atoms with Crippen LogP contribution in [0.2, 0.25) is 0 Å². The highest BCUT2D eigenvalue weighted by molar-refractivity contribution is 6.13. The molecule has 0 atom stereocenters. The zero-order chi connectivity index (χ0) is 15.0. The first-order valence-corrected chi connectivity index (χ1v) is 6.19. The molecule has 6 heteroatoms. The molecule has 3 rings (SSSR count). The van der Waals surface area contributed by atoms with Gasteiger partial charge in [0, 0.05) is 11.8 Å². The zero-order valence-electron chi connectivity index (χ0n) is 10.9. The van der Waals surface area contributed by atoms with Crippen molar-refractivity contribution in [3.05, 3.63) is 65.6 Å². The first-order chi connectivity index (χ1) is 10.1. The largest absolute Gasteiger partial charge is 0.478 e. The van der Waals surface area contributed by atoms with Crippen LogP contribution in [-0.4, -0.2) is 26.2 Å². The number of hydrogen-bond donors (Lipinski definition) is 2. The number of anilines is 1. The third-order valence-corrected chi connectivity index (χ3v) is 3.18. The molecule has 0 amide bonds. The maximum absolute atomic E-state index is 12.6. The summed E-state index contributed by atoms with van der Waals surface area (Å²) >= 11 is 0. The highest BCUT2D eigenvalue weighted by atomic mass is 16.4. The third-order valence-electron chi connectivity index (χ3n) is 3.18. The van der Waals surface area contributed by atoms with Gasteiger partial charge >= 0.3 is 5.97 Å². The van der Waals surface area contributed by atoms with Gasteiger partial charge in [-0.05, 0) is 18.2 Å². The van der Waals surface area contributed by atoms with Gasteiger partial charge in [0.05, 0.1) is 11.1 Å². The Bertz CT molecular complexity index is 867. The van der Waals surface area contributed by atoms with Gasteiger partial charge in [0.25, 0.3) is 0 Å². The van der Waals surface area contributed by atoms with Gasteiger partial charge in [-0.2, -0.15) is 0 Å². The van der Waals surface area contributed by atoms with E-state index in [-0.39, 0.29) is 22.8 Å². The number of nitrogens with zero attached hydrogens (tertiary/aromatic N) is 2. The van der Waals surface area contributed by atoms with Crippen molar-refractivity contribution in [3.63, 3.8) is 0 Å².